The summed E-state index contributed by atoms with van der Waals surface area (Å²) >= 11 is 0. The van der Waals surface area contributed by atoms with Gasteiger partial charge in [-0.25, -0.2) is 4.79 Å². The maximum Gasteiger partial charge on any atom is 0.326 e. The number of nitrogens with one attached hydrogen (secondary N) is 1. The van der Waals surface area contributed by atoms with Crippen LogP contribution in [0.3, 0.4) is 0 Å². The molecule has 0 spiro atoms. The SMILES string of the molecule is Nc1ccc(CC(NC(=O)c2cccc(Oc3ccccc3)c2)C(=O)O)cc1. The number of carboxylic acids is 1. The first-order valence-electron chi connectivity index (χ1n) is 8.72. The molecule has 142 valence electrons. The van der Waals surface area contributed by atoms with E-state index in [9.17, 15) is 14.7 Å². The van der Waals surface area contributed by atoms with Crippen molar-refractivity contribution in [3.63, 3.8) is 0 Å². The van der Waals surface area contributed by atoms with Gasteiger partial charge in [0.15, 0.2) is 0 Å². The van der Waals surface area contributed by atoms with Gasteiger partial charge in [-0.05, 0) is 48.0 Å². The lowest BCUT2D eigenvalue weighted by atomic mass is 10.0. The third-order valence-electron chi connectivity index (χ3n) is 4.10. The number of rotatable bonds is 7. The van der Waals surface area contributed by atoms with Gasteiger partial charge in [-0.15, -0.1) is 0 Å². The molecule has 6 nitrogen and oxygen atoms in total. The highest BCUT2D eigenvalue weighted by molar-refractivity contribution is 5.97. The molecule has 4 N–H and O–H groups in total. The van der Waals surface area contributed by atoms with Gasteiger partial charge >= 0.3 is 5.97 Å². The predicted octanol–water partition coefficient (Wildman–Crippen LogP) is 3.49. The summed E-state index contributed by atoms with van der Waals surface area (Å²) in [5.74, 6) is -0.459. The Bertz CT molecular complexity index is 956. The van der Waals surface area contributed by atoms with E-state index in [4.69, 9.17) is 10.5 Å². The Morgan fingerprint density at radius 1 is 0.929 bits per heavy atom. The fourth-order valence-corrected chi connectivity index (χ4v) is 2.66. The van der Waals surface area contributed by atoms with Crippen LogP contribution < -0.4 is 15.8 Å². The highest BCUT2D eigenvalue weighted by Gasteiger charge is 2.21. The maximum absolute atomic E-state index is 12.6. The van der Waals surface area contributed by atoms with E-state index in [0.29, 0.717) is 22.7 Å². The number of para-hydroxylation sites is 1. The molecule has 0 fully saturated rings. The molecule has 0 saturated carbocycles. The molecule has 0 aromatic heterocycles. The molecule has 0 heterocycles. The quantitative estimate of drug-likeness (QED) is 0.548. The van der Waals surface area contributed by atoms with Crippen molar-refractivity contribution in [3.8, 4) is 11.5 Å². The average molecular weight is 376 g/mol. The van der Waals surface area contributed by atoms with Crippen LogP contribution in [0.4, 0.5) is 5.69 Å². The van der Waals surface area contributed by atoms with Crippen molar-refractivity contribution in [2.24, 2.45) is 0 Å². The minimum Gasteiger partial charge on any atom is -0.480 e. The second-order valence-electron chi connectivity index (χ2n) is 6.25. The number of nitrogens with two attached hydrogens (primary N) is 1. The molecule has 0 aliphatic rings. The van der Waals surface area contributed by atoms with E-state index in [2.05, 4.69) is 5.32 Å². The summed E-state index contributed by atoms with van der Waals surface area (Å²) in [6.45, 7) is 0. The van der Waals surface area contributed by atoms with Crippen LogP contribution in [0.1, 0.15) is 15.9 Å². The summed E-state index contributed by atoms with van der Waals surface area (Å²) in [6.07, 6.45) is 0.154. The second-order valence-corrected chi connectivity index (χ2v) is 6.25. The third kappa shape index (κ3) is 5.11. The number of benzene rings is 3. The highest BCUT2D eigenvalue weighted by Crippen LogP contribution is 2.22. The number of anilines is 1. The fourth-order valence-electron chi connectivity index (χ4n) is 2.66. The molecule has 1 unspecified atom stereocenters. The zero-order valence-electron chi connectivity index (χ0n) is 15.0. The normalized spacial score (nSPS) is 11.4. The summed E-state index contributed by atoms with van der Waals surface area (Å²) in [4.78, 5) is 24.1. The largest absolute Gasteiger partial charge is 0.480 e. The summed E-state index contributed by atoms with van der Waals surface area (Å²) < 4.78 is 5.72. The summed E-state index contributed by atoms with van der Waals surface area (Å²) in [6, 6.07) is 21.6. The van der Waals surface area contributed by atoms with Crippen LogP contribution in [0.15, 0.2) is 78.9 Å². The molecule has 3 aromatic carbocycles. The van der Waals surface area contributed by atoms with Gasteiger partial charge in [-0.1, -0.05) is 36.4 Å². The van der Waals surface area contributed by atoms with Crippen molar-refractivity contribution in [2.45, 2.75) is 12.5 Å². The molecule has 1 atom stereocenters. The Morgan fingerprint density at radius 2 is 1.61 bits per heavy atom. The van der Waals surface area contributed by atoms with Gasteiger partial charge in [0, 0.05) is 17.7 Å². The van der Waals surface area contributed by atoms with E-state index >= 15 is 0 Å². The van der Waals surface area contributed by atoms with E-state index in [1.807, 2.05) is 18.2 Å². The minimum atomic E-state index is -1.11. The van der Waals surface area contributed by atoms with Gasteiger partial charge in [0.2, 0.25) is 0 Å². The number of carboxylic acid groups (broad SMARTS) is 1. The number of hydrogen-bond acceptors (Lipinski definition) is 4. The zero-order chi connectivity index (χ0) is 19.9. The van der Waals surface area contributed by atoms with E-state index in [1.54, 1.807) is 60.7 Å². The molecular weight excluding hydrogens is 356 g/mol. The third-order valence-corrected chi connectivity index (χ3v) is 4.10. The number of ether oxygens (including phenoxy) is 1. The number of aliphatic carboxylic acids is 1. The van der Waals surface area contributed by atoms with Crippen molar-refractivity contribution < 1.29 is 19.4 Å². The molecular formula is C22H20N2O4. The van der Waals surface area contributed by atoms with Gasteiger partial charge in [-0.2, -0.15) is 0 Å². The van der Waals surface area contributed by atoms with Gasteiger partial charge < -0.3 is 20.9 Å². The summed E-state index contributed by atoms with van der Waals surface area (Å²) in [5.41, 5.74) is 7.32. The highest BCUT2D eigenvalue weighted by atomic mass is 16.5. The topological polar surface area (TPSA) is 102 Å². The first-order chi connectivity index (χ1) is 13.5. The average Bonchev–Trinajstić information content (AvgIpc) is 2.70. The molecule has 3 aromatic rings. The fraction of sp³-hybridized carbons (Fsp3) is 0.0909. The number of carbonyl (C=O) groups is 2. The molecule has 0 saturated heterocycles. The van der Waals surface area contributed by atoms with Crippen molar-refractivity contribution in [2.75, 3.05) is 5.73 Å². The second kappa shape index (κ2) is 8.73. The molecule has 0 radical (unpaired) electrons. The molecule has 0 aliphatic carbocycles. The van der Waals surface area contributed by atoms with Gasteiger partial charge in [0.1, 0.15) is 17.5 Å². The summed E-state index contributed by atoms with van der Waals surface area (Å²) in [5, 5.41) is 12.0. The predicted molar refractivity (Wildman–Crippen MR) is 106 cm³/mol. The molecule has 6 heteroatoms. The smallest absolute Gasteiger partial charge is 0.326 e. The van der Waals surface area contributed by atoms with Crippen LogP contribution >= 0.6 is 0 Å². The molecule has 28 heavy (non-hydrogen) atoms. The lowest BCUT2D eigenvalue weighted by molar-refractivity contribution is -0.139. The number of amides is 1. The van der Waals surface area contributed by atoms with Crippen molar-refractivity contribution in [1.82, 2.24) is 5.32 Å². The number of carbonyl (C=O) groups excluding carboxylic acids is 1. The minimum absolute atomic E-state index is 0.154. The van der Waals surface area contributed by atoms with Gasteiger partial charge in [-0.3, -0.25) is 4.79 Å². The van der Waals surface area contributed by atoms with Crippen LogP contribution in [-0.2, 0) is 11.2 Å². The van der Waals surface area contributed by atoms with Crippen LogP contribution in [0.25, 0.3) is 0 Å². The van der Waals surface area contributed by atoms with Crippen molar-refractivity contribution in [1.29, 1.82) is 0 Å². The van der Waals surface area contributed by atoms with E-state index in [0.717, 1.165) is 5.56 Å². The van der Waals surface area contributed by atoms with Crippen molar-refractivity contribution >= 4 is 17.6 Å². The van der Waals surface area contributed by atoms with Gasteiger partial charge in [0.05, 0.1) is 0 Å². The zero-order valence-corrected chi connectivity index (χ0v) is 15.0. The van der Waals surface area contributed by atoms with Crippen LogP contribution in [-0.4, -0.2) is 23.0 Å². The standard InChI is InChI=1S/C22H20N2O4/c23-17-11-9-15(10-12-17)13-20(22(26)27)24-21(25)16-5-4-8-19(14-16)28-18-6-2-1-3-7-18/h1-12,14,20H,13,23H2,(H,24,25)(H,26,27). The van der Waals surface area contributed by atoms with Crippen molar-refractivity contribution in [3.05, 3.63) is 90.0 Å². The Hall–Kier alpha value is -3.80. The number of hydrogen-bond donors (Lipinski definition) is 3. The Balaban J connectivity index is 1.70. The van der Waals surface area contributed by atoms with Gasteiger partial charge in [0.25, 0.3) is 5.91 Å². The number of nitrogen functional groups attached to an aromatic ring is 1. The molecule has 0 aliphatic heterocycles. The molecule has 1 amide bonds. The Labute approximate surface area is 162 Å². The lowest BCUT2D eigenvalue weighted by Gasteiger charge is -2.15. The lowest BCUT2D eigenvalue weighted by Crippen LogP contribution is -2.42. The van der Waals surface area contributed by atoms with Crippen LogP contribution in [0, 0.1) is 0 Å². The Morgan fingerprint density at radius 3 is 2.29 bits per heavy atom. The van der Waals surface area contributed by atoms with Crippen LogP contribution in [0.5, 0.6) is 11.5 Å². The van der Waals surface area contributed by atoms with E-state index < -0.39 is 17.9 Å². The maximum atomic E-state index is 12.6. The molecule has 0 bridgehead atoms. The first-order valence-corrected chi connectivity index (χ1v) is 8.72. The molecule has 3 rings (SSSR count). The monoisotopic (exact) mass is 376 g/mol. The Kier molecular flexibility index (Phi) is 5.91. The van der Waals surface area contributed by atoms with Crippen LogP contribution in [0.2, 0.25) is 0 Å². The first kappa shape index (κ1) is 19.0. The summed E-state index contributed by atoms with van der Waals surface area (Å²) in [7, 11) is 0. The van der Waals surface area contributed by atoms with E-state index in [1.165, 1.54) is 0 Å². The van der Waals surface area contributed by atoms with E-state index in [-0.39, 0.29) is 6.42 Å².